The van der Waals surface area contributed by atoms with Gasteiger partial charge in [-0.1, -0.05) is 36.2 Å². The van der Waals surface area contributed by atoms with Crippen LogP contribution in [0.25, 0.3) is 0 Å². The van der Waals surface area contributed by atoms with Gasteiger partial charge in [0, 0.05) is 43.7 Å². The maximum absolute atomic E-state index is 13.7. The fourth-order valence-corrected chi connectivity index (χ4v) is 8.44. The Morgan fingerprint density at radius 1 is 1.05 bits per heavy atom. The largest absolute Gasteiger partial charge is 0.459 e. The van der Waals surface area contributed by atoms with Crippen molar-refractivity contribution >= 4 is 17.5 Å². The van der Waals surface area contributed by atoms with Crippen molar-refractivity contribution in [2.75, 3.05) is 60.4 Å². The molecule has 1 fully saturated rings. The number of aliphatic hydroxyl groups is 3. The average molecular weight is 768 g/mol. The first-order valence-corrected chi connectivity index (χ1v) is 18.8. The monoisotopic (exact) mass is 767 g/mol. The number of carbonyl (C=O) groups is 1. The minimum absolute atomic E-state index is 0.0214. The van der Waals surface area contributed by atoms with E-state index in [0.717, 1.165) is 36.8 Å². The molecular formula is C40H53N3O12. The highest BCUT2D eigenvalue weighted by Gasteiger charge is 2.65. The summed E-state index contributed by atoms with van der Waals surface area (Å²) in [6, 6.07) is 10.6. The third-order valence-electron chi connectivity index (χ3n) is 10.6. The van der Waals surface area contributed by atoms with Gasteiger partial charge in [-0.15, -0.1) is 6.58 Å². The Balaban J connectivity index is 1.74. The Kier molecular flexibility index (Phi) is 15.0. The second-order valence-corrected chi connectivity index (χ2v) is 13.8. The minimum atomic E-state index is -1.50. The lowest BCUT2D eigenvalue weighted by Crippen LogP contribution is -2.70. The summed E-state index contributed by atoms with van der Waals surface area (Å²) in [6.07, 6.45) is 7.67. The van der Waals surface area contributed by atoms with Crippen LogP contribution in [0.4, 0.5) is 10.5 Å². The number of nitrogens with zero attached hydrogens (tertiary/aromatic N) is 3. The van der Waals surface area contributed by atoms with Crippen molar-refractivity contribution in [3.05, 3.63) is 82.4 Å². The summed E-state index contributed by atoms with van der Waals surface area (Å²) in [5.74, 6) is -1.11. The maximum atomic E-state index is 13.7. The van der Waals surface area contributed by atoms with E-state index in [2.05, 4.69) is 17.8 Å². The van der Waals surface area contributed by atoms with E-state index in [1.54, 1.807) is 30.3 Å². The van der Waals surface area contributed by atoms with Crippen LogP contribution in [0.15, 0.2) is 71.9 Å². The van der Waals surface area contributed by atoms with E-state index in [4.69, 9.17) is 28.5 Å². The highest BCUT2D eigenvalue weighted by Crippen LogP contribution is 2.62. The van der Waals surface area contributed by atoms with E-state index in [1.807, 2.05) is 6.07 Å². The molecule has 300 valence electrons. The van der Waals surface area contributed by atoms with E-state index in [0.29, 0.717) is 35.8 Å². The lowest BCUT2D eigenvalue weighted by molar-refractivity contribution is -0.384. The Morgan fingerprint density at radius 2 is 1.82 bits per heavy atom. The molecule has 15 heteroatoms. The second kappa shape index (κ2) is 19.9. The number of allylic oxidation sites excluding steroid dienone is 1. The molecule has 0 aromatic heterocycles. The normalized spacial score (nSPS) is 24.5. The van der Waals surface area contributed by atoms with Gasteiger partial charge >= 0.3 is 6.09 Å². The van der Waals surface area contributed by atoms with Crippen molar-refractivity contribution in [3.63, 3.8) is 0 Å². The highest BCUT2D eigenvalue weighted by atomic mass is 16.7. The van der Waals surface area contributed by atoms with E-state index < -0.39 is 28.8 Å². The molecule has 1 saturated carbocycles. The van der Waals surface area contributed by atoms with Crippen molar-refractivity contribution in [3.8, 4) is 17.2 Å². The molecule has 1 amide bonds. The van der Waals surface area contributed by atoms with Gasteiger partial charge in [-0.25, -0.2) is 4.79 Å². The Morgan fingerprint density at radius 3 is 2.51 bits per heavy atom. The number of hydrogen-bond donors (Lipinski definition) is 3. The van der Waals surface area contributed by atoms with Gasteiger partial charge in [0.2, 0.25) is 5.79 Å². The van der Waals surface area contributed by atoms with Crippen LogP contribution in [0, 0.1) is 27.9 Å². The number of unbranched alkanes of at least 4 members (excludes halogenated alkanes) is 2. The number of fused-ring (bicyclic) bond motifs is 2. The molecule has 0 saturated heterocycles. The lowest BCUT2D eigenvalue weighted by atomic mass is 9.55. The number of hydrogen-bond acceptors (Lipinski definition) is 13. The van der Waals surface area contributed by atoms with E-state index in [-0.39, 0.29) is 76.0 Å². The standard InChI is InChI=1S/C40H53N3O12/c1-4-20-53-40-36(42(39(47)50-2)16-21-52-22-19-46)26-34(41-51-3)32-23-27(10-5-7-17-44)31(13-6-8-18-45)37(38(32)40)33-25-30(14-15-35(33)55-40)54-29-12-9-11-28(24-29)43(48)49/h4,9,11-12,14-15,23-25,27,31,36-38,44-46H,1,5-8,10,13,16-22,26H2,2-3H3/t27-,31+,36-,37+,38+,40+/m0/s1. The predicted molar refractivity (Wildman–Crippen MR) is 202 cm³/mol. The number of methoxy groups -OCH3 is 1. The number of amides is 1. The van der Waals surface area contributed by atoms with Gasteiger partial charge < -0.3 is 43.8 Å². The Bertz CT molecular complexity index is 1680. The first-order chi connectivity index (χ1) is 26.8. The van der Waals surface area contributed by atoms with Crippen molar-refractivity contribution in [1.29, 1.82) is 0 Å². The van der Waals surface area contributed by atoms with Crippen molar-refractivity contribution in [1.82, 2.24) is 4.90 Å². The van der Waals surface area contributed by atoms with E-state index >= 15 is 0 Å². The summed E-state index contributed by atoms with van der Waals surface area (Å²) >= 11 is 0. The maximum Gasteiger partial charge on any atom is 0.410 e. The molecule has 55 heavy (non-hydrogen) atoms. The number of nitro benzene ring substituents is 1. The van der Waals surface area contributed by atoms with Crippen molar-refractivity contribution < 1.29 is 53.6 Å². The van der Waals surface area contributed by atoms with Gasteiger partial charge in [0.15, 0.2) is 0 Å². The SMILES string of the molecule is C=CCO[C@@]12Oc3ccc(Oc4cccc([N+](=O)[O-])c4)cc3[C@H]3[C@H](CCCCO)[C@@H](CCCCO)C=C(C(=NOC)C[C@@H]1N(CCOCCO)C(=O)OC)[C@H]32. The van der Waals surface area contributed by atoms with Gasteiger partial charge in [0.1, 0.15) is 30.4 Å². The molecule has 6 atom stereocenters. The molecule has 2 aromatic rings. The van der Waals surface area contributed by atoms with E-state index in [1.165, 1.54) is 31.3 Å². The first-order valence-electron chi connectivity index (χ1n) is 18.8. The zero-order chi connectivity index (χ0) is 39.4. The van der Waals surface area contributed by atoms with Crippen LogP contribution < -0.4 is 9.47 Å². The van der Waals surface area contributed by atoms with Crippen molar-refractivity contribution in [2.24, 2.45) is 22.9 Å². The fraction of sp³-hybridized carbons (Fsp3) is 0.550. The second-order valence-electron chi connectivity index (χ2n) is 13.8. The molecule has 1 heterocycles. The fourth-order valence-electron chi connectivity index (χ4n) is 8.44. The zero-order valence-corrected chi connectivity index (χ0v) is 31.5. The summed E-state index contributed by atoms with van der Waals surface area (Å²) in [5.41, 5.74) is 2.19. The summed E-state index contributed by atoms with van der Waals surface area (Å²) in [7, 11) is 2.78. The molecule has 3 N–H and O–H groups in total. The molecule has 15 nitrogen and oxygen atoms in total. The number of nitro groups is 1. The number of oxime groups is 1. The van der Waals surface area contributed by atoms with Crippen LogP contribution >= 0.6 is 0 Å². The average Bonchev–Trinajstić information content (AvgIpc) is 3.19. The number of rotatable bonds is 21. The number of ether oxygens (including phenoxy) is 5. The summed E-state index contributed by atoms with van der Waals surface area (Å²) < 4.78 is 31.2. The third-order valence-corrected chi connectivity index (χ3v) is 10.6. The Hall–Kier alpha value is -4.54. The van der Waals surface area contributed by atoms with Crippen LogP contribution in [0.3, 0.4) is 0 Å². The van der Waals surface area contributed by atoms with E-state index in [9.17, 15) is 30.2 Å². The molecule has 0 unspecified atom stereocenters. The molecule has 0 bridgehead atoms. The molecule has 0 spiro atoms. The lowest BCUT2D eigenvalue weighted by Gasteiger charge is -2.59. The highest BCUT2D eigenvalue weighted by molar-refractivity contribution is 6.02. The summed E-state index contributed by atoms with van der Waals surface area (Å²) in [5, 5.41) is 45.0. The summed E-state index contributed by atoms with van der Waals surface area (Å²) in [4.78, 5) is 31.8. The quantitative estimate of drug-likeness (QED) is 0.0606. The van der Waals surface area contributed by atoms with Gasteiger partial charge in [-0.05, 0) is 67.4 Å². The predicted octanol–water partition coefficient (Wildman–Crippen LogP) is 5.73. The molecule has 2 aliphatic carbocycles. The van der Waals surface area contributed by atoms with Gasteiger partial charge in [0.25, 0.3) is 5.69 Å². The summed E-state index contributed by atoms with van der Waals surface area (Å²) in [6.45, 7) is 4.22. The topological polar surface area (TPSA) is 192 Å². The number of carbonyl (C=O) groups excluding carboxylic acids is 1. The van der Waals surface area contributed by atoms with Gasteiger partial charge in [-0.2, -0.15) is 0 Å². The van der Waals surface area contributed by atoms with Crippen LogP contribution in [-0.4, -0.2) is 109 Å². The third kappa shape index (κ3) is 9.30. The molecule has 3 aliphatic rings. The molecule has 5 rings (SSSR count). The van der Waals surface area contributed by atoms with Crippen LogP contribution in [0.2, 0.25) is 0 Å². The van der Waals surface area contributed by atoms with Gasteiger partial charge in [-0.3, -0.25) is 15.0 Å². The molecular weight excluding hydrogens is 714 g/mol. The zero-order valence-electron chi connectivity index (χ0n) is 31.5. The number of non-ortho nitro benzene ring substituents is 1. The molecule has 2 aromatic carbocycles. The minimum Gasteiger partial charge on any atom is -0.459 e. The first kappa shape index (κ1) is 41.6. The smallest absolute Gasteiger partial charge is 0.410 e. The molecule has 1 aliphatic heterocycles. The van der Waals surface area contributed by atoms with Crippen LogP contribution in [0.5, 0.6) is 17.2 Å². The van der Waals surface area contributed by atoms with Crippen LogP contribution in [0.1, 0.15) is 56.4 Å². The van der Waals surface area contributed by atoms with Gasteiger partial charge in [0.05, 0.1) is 56.2 Å². The number of benzene rings is 2. The van der Waals surface area contributed by atoms with Crippen molar-refractivity contribution in [2.45, 2.75) is 62.7 Å². The Labute approximate surface area is 321 Å². The van der Waals surface area contributed by atoms with Crippen LogP contribution in [-0.2, 0) is 19.0 Å². The number of aliphatic hydroxyl groups excluding tert-OH is 3. The molecule has 0 radical (unpaired) electrons.